The molecule has 0 heterocycles. The number of fused-ring (bicyclic) bond motifs is 5. The molecule has 3 nitrogen and oxygen atoms in total. The Balaban J connectivity index is 1.51. The van der Waals surface area contributed by atoms with Gasteiger partial charge in [0, 0.05) is 11.8 Å². The number of ether oxygens (including phenoxy) is 2. The van der Waals surface area contributed by atoms with Gasteiger partial charge in [-0.25, -0.2) is 0 Å². The van der Waals surface area contributed by atoms with Gasteiger partial charge in [0.25, 0.3) is 0 Å². The predicted molar refractivity (Wildman–Crippen MR) is 107 cm³/mol. The van der Waals surface area contributed by atoms with Crippen molar-refractivity contribution in [3.63, 3.8) is 0 Å². The molecule has 3 unspecified atom stereocenters. The second-order valence-electron chi connectivity index (χ2n) is 9.18. The Morgan fingerprint density at radius 2 is 2.07 bits per heavy atom. The van der Waals surface area contributed by atoms with Crippen molar-refractivity contribution < 1.29 is 14.3 Å². The summed E-state index contributed by atoms with van der Waals surface area (Å²) < 4.78 is 11.4. The van der Waals surface area contributed by atoms with E-state index in [0.717, 1.165) is 37.4 Å². The van der Waals surface area contributed by atoms with E-state index in [4.69, 9.17) is 9.47 Å². The topological polar surface area (TPSA) is 35.5 Å². The lowest BCUT2D eigenvalue weighted by Crippen LogP contribution is -2.45. The van der Waals surface area contributed by atoms with Crippen LogP contribution in [0.4, 0.5) is 0 Å². The van der Waals surface area contributed by atoms with Gasteiger partial charge >= 0.3 is 5.97 Å². The summed E-state index contributed by atoms with van der Waals surface area (Å²) in [5.41, 5.74) is 3.21. The number of unbranched alkanes of at least 4 members (excludes halogenated alkanes) is 1. The Hall–Kier alpha value is -1.51. The molecule has 0 bridgehead atoms. The van der Waals surface area contributed by atoms with E-state index in [0.29, 0.717) is 18.3 Å². The Bertz CT molecular complexity index is 697. The molecule has 148 valence electrons. The minimum Gasteiger partial charge on any atom is -0.497 e. The molecular weight excluding hydrogens is 336 g/mol. The number of hydrogen-bond donors (Lipinski definition) is 0. The zero-order valence-corrected chi connectivity index (χ0v) is 17.1. The van der Waals surface area contributed by atoms with Crippen LogP contribution in [0.5, 0.6) is 5.75 Å². The van der Waals surface area contributed by atoms with Gasteiger partial charge in [0.1, 0.15) is 11.9 Å². The van der Waals surface area contributed by atoms with Gasteiger partial charge in [0.15, 0.2) is 0 Å². The molecule has 1 aromatic rings. The third kappa shape index (κ3) is 3.28. The standard InChI is InChI=1S/C24H34O3/c1-4-5-6-23(25)27-22-12-11-21-20-9-7-16-15-17(26-3)8-10-18(16)19(20)13-14-24(21,22)2/h8,10,15,19-22H,4-7,9,11-14H2,1-3H3/t19?,20?,21?,22-,24-/m0/s1. The Morgan fingerprint density at radius 1 is 1.22 bits per heavy atom. The number of esters is 1. The van der Waals surface area contributed by atoms with Crippen molar-refractivity contribution >= 4 is 5.97 Å². The third-order valence-electron chi connectivity index (χ3n) is 7.85. The van der Waals surface area contributed by atoms with E-state index in [9.17, 15) is 4.79 Å². The first-order chi connectivity index (χ1) is 13.1. The number of methoxy groups -OCH3 is 1. The largest absolute Gasteiger partial charge is 0.497 e. The molecule has 5 atom stereocenters. The molecular formula is C24H34O3. The van der Waals surface area contributed by atoms with Crippen molar-refractivity contribution in [3.8, 4) is 5.75 Å². The highest BCUT2D eigenvalue weighted by Crippen LogP contribution is 2.61. The van der Waals surface area contributed by atoms with Crippen molar-refractivity contribution in [3.05, 3.63) is 29.3 Å². The van der Waals surface area contributed by atoms with Gasteiger partial charge in [0.05, 0.1) is 7.11 Å². The average molecular weight is 371 g/mol. The van der Waals surface area contributed by atoms with Crippen LogP contribution in [0.3, 0.4) is 0 Å². The van der Waals surface area contributed by atoms with Crippen LogP contribution >= 0.6 is 0 Å². The van der Waals surface area contributed by atoms with E-state index in [-0.39, 0.29) is 17.5 Å². The second-order valence-corrected chi connectivity index (χ2v) is 9.18. The quantitative estimate of drug-likeness (QED) is 0.628. The number of rotatable bonds is 5. The fraction of sp³-hybridized carbons (Fsp3) is 0.708. The van der Waals surface area contributed by atoms with Crippen LogP contribution in [0.25, 0.3) is 0 Å². The molecule has 2 saturated carbocycles. The van der Waals surface area contributed by atoms with Crippen molar-refractivity contribution in [2.75, 3.05) is 7.11 Å². The van der Waals surface area contributed by atoms with E-state index in [1.807, 2.05) is 0 Å². The molecule has 0 saturated heterocycles. The molecule has 2 fully saturated rings. The molecule has 27 heavy (non-hydrogen) atoms. The summed E-state index contributed by atoms with van der Waals surface area (Å²) in [4.78, 5) is 12.2. The first-order valence-electron chi connectivity index (χ1n) is 10.9. The minimum atomic E-state index is 0.0203. The van der Waals surface area contributed by atoms with E-state index < -0.39 is 0 Å². The fourth-order valence-electron chi connectivity index (χ4n) is 6.37. The molecule has 3 heteroatoms. The number of carbonyl (C=O) groups excluding carboxylic acids is 1. The number of hydrogen-bond acceptors (Lipinski definition) is 3. The summed E-state index contributed by atoms with van der Waals surface area (Å²) >= 11 is 0. The Labute approximate surface area is 163 Å². The Morgan fingerprint density at radius 3 is 2.85 bits per heavy atom. The van der Waals surface area contributed by atoms with Crippen LogP contribution in [0.15, 0.2) is 18.2 Å². The molecule has 3 aliphatic rings. The lowest BCUT2D eigenvalue weighted by Gasteiger charge is -2.50. The average Bonchev–Trinajstić information content (AvgIpc) is 3.02. The molecule has 0 aromatic heterocycles. The SMILES string of the molecule is CCCCC(=O)O[C@H]1CCC2C3CCc4cc(OC)ccc4C3CC[C@@]21C. The van der Waals surface area contributed by atoms with Crippen molar-refractivity contribution in [1.29, 1.82) is 0 Å². The van der Waals surface area contributed by atoms with E-state index in [2.05, 4.69) is 32.0 Å². The van der Waals surface area contributed by atoms with Gasteiger partial charge in [-0.3, -0.25) is 4.79 Å². The van der Waals surface area contributed by atoms with Gasteiger partial charge < -0.3 is 9.47 Å². The highest BCUT2D eigenvalue weighted by molar-refractivity contribution is 5.69. The van der Waals surface area contributed by atoms with Crippen LogP contribution in [-0.4, -0.2) is 19.2 Å². The van der Waals surface area contributed by atoms with Crippen LogP contribution in [0.1, 0.15) is 82.3 Å². The van der Waals surface area contributed by atoms with Gasteiger partial charge in [-0.1, -0.05) is 26.3 Å². The van der Waals surface area contributed by atoms with Crippen molar-refractivity contribution in [2.45, 2.75) is 83.7 Å². The maximum atomic E-state index is 12.2. The second kappa shape index (κ2) is 7.48. The van der Waals surface area contributed by atoms with Gasteiger partial charge in [-0.05, 0) is 86.0 Å². The van der Waals surface area contributed by atoms with Crippen LogP contribution in [-0.2, 0) is 16.0 Å². The summed E-state index contributed by atoms with van der Waals surface area (Å²) in [6.07, 6.45) is 9.79. The number of aryl methyl sites for hydroxylation is 1. The first-order valence-corrected chi connectivity index (χ1v) is 10.9. The van der Waals surface area contributed by atoms with E-state index in [1.54, 1.807) is 12.7 Å². The summed E-state index contributed by atoms with van der Waals surface area (Å²) in [7, 11) is 1.75. The molecule has 0 aliphatic heterocycles. The van der Waals surface area contributed by atoms with Gasteiger partial charge in [0.2, 0.25) is 0 Å². The summed E-state index contributed by atoms with van der Waals surface area (Å²) in [6.45, 7) is 4.53. The Kier molecular flexibility index (Phi) is 5.22. The molecule has 1 aromatic carbocycles. The summed E-state index contributed by atoms with van der Waals surface area (Å²) in [6, 6.07) is 6.68. The third-order valence-corrected chi connectivity index (χ3v) is 7.85. The monoisotopic (exact) mass is 370 g/mol. The molecule has 4 rings (SSSR count). The van der Waals surface area contributed by atoms with Gasteiger partial charge in [-0.15, -0.1) is 0 Å². The normalized spacial score (nSPS) is 34.3. The van der Waals surface area contributed by atoms with Crippen molar-refractivity contribution in [1.82, 2.24) is 0 Å². The van der Waals surface area contributed by atoms with E-state index >= 15 is 0 Å². The van der Waals surface area contributed by atoms with Gasteiger partial charge in [-0.2, -0.15) is 0 Å². The zero-order chi connectivity index (χ0) is 19.0. The van der Waals surface area contributed by atoms with Crippen LogP contribution in [0, 0.1) is 17.3 Å². The van der Waals surface area contributed by atoms with Crippen molar-refractivity contribution in [2.24, 2.45) is 17.3 Å². The van der Waals surface area contributed by atoms with Crippen LogP contribution in [0.2, 0.25) is 0 Å². The fourth-order valence-corrected chi connectivity index (χ4v) is 6.37. The zero-order valence-electron chi connectivity index (χ0n) is 17.1. The first kappa shape index (κ1) is 18.8. The maximum Gasteiger partial charge on any atom is 0.306 e. The molecule has 0 N–H and O–H groups in total. The molecule has 0 amide bonds. The predicted octanol–water partition coefficient (Wildman–Crippen LogP) is 5.65. The lowest BCUT2D eigenvalue weighted by molar-refractivity contribution is -0.157. The molecule has 0 spiro atoms. The van der Waals surface area contributed by atoms with E-state index in [1.165, 1.54) is 31.2 Å². The highest BCUT2D eigenvalue weighted by Gasteiger charge is 2.56. The summed E-state index contributed by atoms with van der Waals surface area (Å²) in [5, 5.41) is 0. The smallest absolute Gasteiger partial charge is 0.306 e. The number of carbonyl (C=O) groups is 1. The minimum absolute atomic E-state index is 0.0203. The summed E-state index contributed by atoms with van der Waals surface area (Å²) in [5.74, 6) is 3.10. The molecule has 3 aliphatic carbocycles. The number of benzene rings is 1. The maximum absolute atomic E-state index is 12.2. The lowest BCUT2D eigenvalue weighted by atomic mass is 9.55. The molecule has 0 radical (unpaired) electrons. The highest BCUT2D eigenvalue weighted by atomic mass is 16.5. The van der Waals surface area contributed by atoms with Crippen LogP contribution < -0.4 is 4.74 Å².